The standard InChI is InChI=1S/C34H31N3O6S/c1-5-7-26-18-24(12-17-28(26)43-20-23-10-15-27(16-11-23)37(40)41)19-29-32(38)36-31(25-13-8-21(3)9-14-25)30(33(39)42-6-2)22(4)35-34(36)44-29/h5,8-19,31H,1,6-7,20H2,2-4H3/b29-19+/t31-/m0/s1. The predicted molar refractivity (Wildman–Crippen MR) is 169 cm³/mol. The maximum Gasteiger partial charge on any atom is 0.338 e. The quantitative estimate of drug-likeness (QED) is 0.104. The van der Waals surface area contributed by atoms with Crippen LogP contribution in [0, 0.1) is 17.0 Å². The molecule has 224 valence electrons. The van der Waals surface area contributed by atoms with E-state index in [1.165, 1.54) is 23.5 Å². The van der Waals surface area contributed by atoms with Gasteiger partial charge in [-0.15, -0.1) is 6.58 Å². The number of hydrogen-bond acceptors (Lipinski definition) is 8. The molecule has 10 heteroatoms. The van der Waals surface area contributed by atoms with Crippen molar-refractivity contribution < 1.29 is 19.2 Å². The van der Waals surface area contributed by atoms with Crippen molar-refractivity contribution in [2.75, 3.05) is 6.61 Å². The molecule has 0 radical (unpaired) electrons. The van der Waals surface area contributed by atoms with E-state index in [-0.39, 0.29) is 24.5 Å². The van der Waals surface area contributed by atoms with E-state index < -0.39 is 16.9 Å². The number of non-ortho nitro benzene ring substituents is 1. The molecule has 0 N–H and O–H groups in total. The highest BCUT2D eigenvalue weighted by atomic mass is 32.1. The van der Waals surface area contributed by atoms with Crippen molar-refractivity contribution in [2.45, 2.75) is 39.8 Å². The molecule has 0 unspecified atom stereocenters. The van der Waals surface area contributed by atoms with Crippen LogP contribution < -0.4 is 19.6 Å². The van der Waals surface area contributed by atoms with E-state index in [9.17, 15) is 19.7 Å². The summed E-state index contributed by atoms with van der Waals surface area (Å²) < 4.78 is 13.5. The third-order valence-electron chi connectivity index (χ3n) is 7.20. The second-order valence-corrected chi connectivity index (χ2v) is 11.3. The minimum absolute atomic E-state index is 0.0215. The van der Waals surface area contributed by atoms with E-state index >= 15 is 0 Å². The summed E-state index contributed by atoms with van der Waals surface area (Å²) in [6, 6.07) is 19.0. The largest absolute Gasteiger partial charge is 0.489 e. The topological polar surface area (TPSA) is 113 Å². The molecule has 9 nitrogen and oxygen atoms in total. The fourth-order valence-electron chi connectivity index (χ4n) is 5.03. The molecular formula is C34H31N3O6S. The zero-order chi connectivity index (χ0) is 31.4. The van der Waals surface area contributed by atoms with Crippen molar-refractivity contribution in [3.05, 3.63) is 148 Å². The van der Waals surface area contributed by atoms with Crippen LogP contribution in [-0.2, 0) is 22.6 Å². The van der Waals surface area contributed by atoms with Gasteiger partial charge in [0, 0.05) is 12.1 Å². The van der Waals surface area contributed by atoms with E-state index in [2.05, 4.69) is 11.6 Å². The van der Waals surface area contributed by atoms with Gasteiger partial charge in [0.1, 0.15) is 12.4 Å². The number of rotatable bonds is 10. The molecule has 0 fully saturated rings. The van der Waals surface area contributed by atoms with Crippen LogP contribution in [-0.4, -0.2) is 22.1 Å². The third kappa shape index (κ3) is 6.30. The fraction of sp³-hybridized carbons (Fsp3) is 0.206. The van der Waals surface area contributed by atoms with E-state index in [1.807, 2.05) is 55.5 Å². The van der Waals surface area contributed by atoms with Gasteiger partial charge in [-0.3, -0.25) is 19.5 Å². The lowest BCUT2D eigenvalue weighted by molar-refractivity contribution is -0.384. The molecule has 44 heavy (non-hydrogen) atoms. The highest BCUT2D eigenvalue weighted by Gasteiger charge is 2.33. The lowest BCUT2D eigenvalue weighted by atomic mass is 9.95. The van der Waals surface area contributed by atoms with Crippen molar-refractivity contribution in [3.63, 3.8) is 0 Å². The molecule has 0 saturated carbocycles. The van der Waals surface area contributed by atoms with Crippen LogP contribution in [0.4, 0.5) is 5.69 Å². The number of esters is 1. The third-order valence-corrected chi connectivity index (χ3v) is 8.18. The van der Waals surface area contributed by atoms with Crippen LogP contribution in [0.15, 0.2) is 100 Å². The van der Waals surface area contributed by atoms with E-state index in [0.717, 1.165) is 27.8 Å². The first-order valence-corrected chi connectivity index (χ1v) is 14.9. The van der Waals surface area contributed by atoms with Gasteiger partial charge in [-0.05, 0) is 79.8 Å². The normalized spacial score (nSPS) is 14.5. The maximum atomic E-state index is 13.9. The molecule has 0 spiro atoms. The van der Waals surface area contributed by atoms with Crippen molar-refractivity contribution >= 4 is 29.1 Å². The van der Waals surface area contributed by atoms with Crippen molar-refractivity contribution in [1.29, 1.82) is 0 Å². The molecule has 0 saturated heterocycles. The van der Waals surface area contributed by atoms with Crippen molar-refractivity contribution in [1.82, 2.24) is 4.57 Å². The van der Waals surface area contributed by atoms with Gasteiger partial charge in [-0.25, -0.2) is 9.79 Å². The number of benzene rings is 3. The Bertz CT molecular complexity index is 1950. The fourth-order valence-corrected chi connectivity index (χ4v) is 6.07. The summed E-state index contributed by atoms with van der Waals surface area (Å²) in [6.07, 6.45) is 4.12. The number of carbonyl (C=O) groups is 1. The zero-order valence-electron chi connectivity index (χ0n) is 24.6. The molecule has 0 aliphatic carbocycles. The summed E-state index contributed by atoms with van der Waals surface area (Å²) in [5.41, 5.74) is 4.96. The van der Waals surface area contributed by atoms with E-state index in [4.69, 9.17) is 9.47 Å². The number of carbonyl (C=O) groups excluding carboxylic acids is 1. The lowest BCUT2D eigenvalue weighted by Gasteiger charge is -2.24. The SMILES string of the molecule is C=CCc1cc(/C=c2/sc3n(c2=O)[C@@H](c2ccc(C)cc2)C(C(=O)OCC)=C(C)N=3)ccc1OCc1ccc([N+](=O)[O-])cc1. The Morgan fingerprint density at radius 2 is 1.84 bits per heavy atom. The summed E-state index contributed by atoms with van der Waals surface area (Å²) in [5.74, 6) is 0.155. The second kappa shape index (κ2) is 13.0. The van der Waals surface area contributed by atoms with E-state index in [0.29, 0.717) is 32.8 Å². The molecule has 1 aromatic heterocycles. The van der Waals surface area contributed by atoms with Gasteiger partial charge >= 0.3 is 5.97 Å². The minimum atomic E-state index is -0.667. The number of thiazole rings is 1. The van der Waals surface area contributed by atoms with E-state index in [1.54, 1.807) is 36.6 Å². The number of fused-ring (bicyclic) bond motifs is 1. The van der Waals surface area contributed by atoms with Gasteiger partial charge in [0.2, 0.25) is 0 Å². The molecule has 2 heterocycles. The molecular weight excluding hydrogens is 578 g/mol. The summed E-state index contributed by atoms with van der Waals surface area (Å²) in [6.45, 7) is 9.80. The van der Waals surface area contributed by atoms with Gasteiger partial charge in [0.05, 0.1) is 33.4 Å². The smallest absolute Gasteiger partial charge is 0.338 e. The van der Waals surface area contributed by atoms with Crippen molar-refractivity contribution in [3.8, 4) is 5.75 Å². The Balaban J connectivity index is 1.51. The summed E-state index contributed by atoms with van der Waals surface area (Å²) >= 11 is 1.27. The Hall–Kier alpha value is -5.09. The average molecular weight is 610 g/mol. The highest BCUT2D eigenvalue weighted by Crippen LogP contribution is 2.31. The first kappa shape index (κ1) is 30.4. The highest BCUT2D eigenvalue weighted by molar-refractivity contribution is 7.07. The summed E-state index contributed by atoms with van der Waals surface area (Å²) in [7, 11) is 0. The number of nitro groups is 1. The van der Waals surface area contributed by atoms with Crippen LogP contribution in [0.3, 0.4) is 0 Å². The first-order valence-electron chi connectivity index (χ1n) is 14.1. The number of hydrogen-bond donors (Lipinski definition) is 0. The number of aryl methyl sites for hydroxylation is 1. The Kier molecular flexibility index (Phi) is 9.01. The lowest BCUT2D eigenvalue weighted by Crippen LogP contribution is -2.39. The monoisotopic (exact) mass is 609 g/mol. The molecule has 4 aromatic rings. The molecule has 5 rings (SSSR count). The molecule has 1 aliphatic rings. The Morgan fingerprint density at radius 1 is 1.11 bits per heavy atom. The van der Waals surface area contributed by atoms with Crippen LogP contribution >= 0.6 is 11.3 Å². The van der Waals surface area contributed by atoms with Gasteiger partial charge in [0.15, 0.2) is 4.80 Å². The molecule has 3 aromatic carbocycles. The number of nitrogens with zero attached hydrogens (tertiary/aromatic N) is 3. The van der Waals surface area contributed by atoms with Gasteiger partial charge in [-0.1, -0.05) is 53.3 Å². The molecule has 0 bridgehead atoms. The van der Waals surface area contributed by atoms with Crippen molar-refractivity contribution in [2.24, 2.45) is 4.99 Å². The van der Waals surface area contributed by atoms with Crippen LogP contribution in [0.25, 0.3) is 6.08 Å². The number of aromatic nitrogens is 1. The summed E-state index contributed by atoms with van der Waals surface area (Å²) in [4.78, 5) is 42.7. The first-order chi connectivity index (χ1) is 21.2. The van der Waals surface area contributed by atoms with Crippen LogP contribution in [0.5, 0.6) is 5.75 Å². The Morgan fingerprint density at radius 3 is 2.50 bits per heavy atom. The average Bonchev–Trinajstić information content (AvgIpc) is 3.30. The van der Waals surface area contributed by atoms with Gasteiger partial charge in [-0.2, -0.15) is 0 Å². The number of nitro benzene ring substituents is 1. The predicted octanol–water partition coefficient (Wildman–Crippen LogP) is 5.32. The molecule has 0 amide bonds. The minimum Gasteiger partial charge on any atom is -0.489 e. The number of ether oxygens (including phenoxy) is 2. The maximum absolute atomic E-state index is 13.9. The van der Waals surface area contributed by atoms with Crippen LogP contribution in [0.2, 0.25) is 0 Å². The Labute approximate surface area is 257 Å². The van der Waals surface area contributed by atoms with Crippen LogP contribution in [0.1, 0.15) is 47.7 Å². The zero-order valence-corrected chi connectivity index (χ0v) is 25.4. The second-order valence-electron chi connectivity index (χ2n) is 10.3. The molecule has 1 aliphatic heterocycles. The summed E-state index contributed by atoms with van der Waals surface area (Å²) in [5, 5.41) is 10.9. The molecule has 1 atom stereocenters. The van der Waals surface area contributed by atoms with Gasteiger partial charge in [0.25, 0.3) is 11.2 Å². The number of allylic oxidation sites excluding steroid dienone is 2. The van der Waals surface area contributed by atoms with Gasteiger partial charge < -0.3 is 9.47 Å².